The molecule has 0 heterocycles. The Kier molecular flexibility index (Phi) is 7.15. The maximum atomic E-state index is 12.7. The number of nitrogens with one attached hydrogen (secondary N) is 1. The molecule has 0 spiro atoms. The maximum Gasteiger partial charge on any atom is 0.264 e. The summed E-state index contributed by atoms with van der Waals surface area (Å²) in [5, 5.41) is 2.78. The highest BCUT2D eigenvalue weighted by atomic mass is 32.2. The number of methoxy groups -OCH3 is 1. The number of hydrogen-bond acceptors (Lipinski definition) is 5. The molecule has 0 fully saturated rings. The molecular weight excluding hydrogens is 416 g/mol. The third-order valence-corrected chi connectivity index (χ3v) is 6.39. The van der Waals surface area contributed by atoms with Gasteiger partial charge in [0.1, 0.15) is 18.1 Å². The van der Waals surface area contributed by atoms with Crippen molar-refractivity contribution in [2.45, 2.75) is 4.90 Å². The molecule has 3 rings (SSSR count). The molecule has 1 N–H and O–H groups in total. The Morgan fingerprint density at radius 2 is 1.61 bits per heavy atom. The van der Waals surface area contributed by atoms with Gasteiger partial charge in [-0.15, -0.1) is 0 Å². The van der Waals surface area contributed by atoms with Crippen LogP contribution in [0, 0.1) is 0 Å². The zero-order valence-electron chi connectivity index (χ0n) is 17.3. The summed E-state index contributed by atoms with van der Waals surface area (Å²) in [7, 11) is -0.605. The molecular formula is C23H24N2O5S. The second-order valence-electron chi connectivity index (χ2n) is 6.62. The van der Waals surface area contributed by atoms with Crippen molar-refractivity contribution < 1.29 is 22.7 Å². The summed E-state index contributed by atoms with van der Waals surface area (Å²) < 4.78 is 37.3. The number of amides is 1. The standard InChI is InChI=1S/C23H24N2O5S/c1-25(31(27,28)22-9-4-3-5-10-22)19-13-11-18(12-14-19)23(26)24-15-16-30-21-8-6-7-20(17-21)29-2/h3-14,17H,15-16H2,1-2H3,(H,24,26). The minimum Gasteiger partial charge on any atom is -0.497 e. The van der Waals surface area contributed by atoms with Crippen LogP contribution in [0.15, 0.2) is 83.8 Å². The highest BCUT2D eigenvalue weighted by molar-refractivity contribution is 7.92. The number of ether oxygens (including phenoxy) is 2. The van der Waals surface area contributed by atoms with Crippen LogP contribution in [0.3, 0.4) is 0 Å². The lowest BCUT2D eigenvalue weighted by Gasteiger charge is -2.19. The predicted molar refractivity (Wildman–Crippen MR) is 119 cm³/mol. The van der Waals surface area contributed by atoms with E-state index in [4.69, 9.17) is 9.47 Å². The van der Waals surface area contributed by atoms with Gasteiger partial charge in [0, 0.05) is 18.7 Å². The number of rotatable bonds is 9. The van der Waals surface area contributed by atoms with Gasteiger partial charge in [0.05, 0.1) is 24.2 Å². The first kappa shape index (κ1) is 22.2. The van der Waals surface area contributed by atoms with Crippen molar-refractivity contribution in [1.82, 2.24) is 5.32 Å². The van der Waals surface area contributed by atoms with Crippen LogP contribution in [0.2, 0.25) is 0 Å². The van der Waals surface area contributed by atoms with E-state index in [9.17, 15) is 13.2 Å². The van der Waals surface area contributed by atoms with Crippen molar-refractivity contribution in [3.63, 3.8) is 0 Å². The molecule has 0 atom stereocenters. The molecule has 3 aromatic rings. The maximum absolute atomic E-state index is 12.7. The topological polar surface area (TPSA) is 84.9 Å². The van der Waals surface area contributed by atoms with Crippen molar-refractivity contribution in [2.75, 3.05) is 31.6 Å². The Labute approximate surface area is 182 Å². The van der Waals surface area contributed by atoms with Crippen LogP contribution in [0.25, 0.3) is 0 Å². The number of carbonyl (C=O) groups excluding carboxylic acids is 1. The smallest absolute Gasteiger partial charge is 0.264 e. The van der Waals surface area contributed by atoms with E-state index in [1.54, 1.807) is 67.8 Å². The second kappa shape index (κ2) is 9.99. The van der Waals surface area contributed by atoms with Crippen LogP contribution < -0.4 is 19.1 Å². The molecule has 31 heavy (non-hydrogen) atoms. The van der Waals surface area contributed by atoms with Gasteiger partial charge >= 0.3 is 0 Å². The molecule has 0 aliphatic rings. The molecule has 0 bridgehead atoms. The quantitative estimate of drug-likeness (QED) is 0.516. The van der Waals surface area contributed by atoms with Gasteiger partial charge in [-0.05, 0) is 48.5 Å². The van der Waals surface area contributed by atoms with Gasteiger partial charge in [0.15, 0.2) is 0 Å². The third-order valence-electron chi connectivity index (χ3n) is 4.59. The van der Waals surface area contributed by atoms with Crippen LogP contribution in [0.1, 0.15) is 10.4 Å². The van der Waals surface area contributed by atoms with Gasteiger partial charge in [-0.25, -0.2) is 8.42 Å². The highest BCUT2D eigenvalue weighted by Gasteiger charge is 2.21. The van der Waals surface area contributed by atoms with Crippen molar-refractivity contribution in [1.29, 1.82) is 0 Å². The van der Waals surface area contributed by atoms with Crippen molar-refractivity contribution in [2.24, 2.45) is 0 Å². The average Bonchev–Trinajstić information content (AvgIpc) is 2.82. The van der Waals surface area contributed by atoms with Crippen molar-refractivity contribution >= 4 is 21.6 Å². The molecule has 7 nitrogen and oxygen atoms in total. The fraction of sp³-hybridized carbons (Fsp3) is 0.174. The number of carbonyl (C=O) groups is 1. The Bertz CT molecular complexity index is 1120. The normalized spacial score (nSPS) is 10.9. The monoisotopic (exact) mass is 440 g/mol. The van der Waals surface area contributed by atoms with Crippen molar-refractivity contribution in [3.05, 3.63) is 84.4 Å². The minimum atomic E-state index is -3.67. The van der Waals surface area contributed by atoms with Gasteiger partial charge in [-0.1, -0.05) is 24.3 Å². The lowest BCUT2D eigenvalue weighted by molar-refractivity contribution is 0.0947. The second-order valence-corrected chi connectivity index (χ2v) is 8.59. The number of anilines is 1. The average molecular weight is 441 g/mol. The van der Waals surface area contributed by atoms with E-state index < -0.39 is 10.0 Å². The number of benzene rings is 3. The third kappa shape index (κ3) is 5.55. The fourth-order valence-electron chi connectivity index (χ4n) is 2.84. The molecule has 0 radical (unpaired) electrons. The van der Waals surface area contributed by atoms with Gasteiger partial charge in [-0.2, -0.15) is 0 Å². The molecule has 8 heteroatoms. The number of hydrogen-bond donors (Lipinski definition) is 1. The van der Waals surface area contributed by atoms with E-state index in [0.29, 0.717) is 35.9 Å². The number of sulfonamides is 1. The summed E-state index contributed by atoms with van der Waals surface area (Å²) in [6.45, 7) is 0.620. The molecule has 0 aliphatic carbocycles. The highest BCUT2D eigenvalue weighted by Crippen LogP contribution is 2.22. The summed E-state index contributed by atoms with van der Waals surface area (Å²) in [6, 6.07) is 21.8. The van der Waals surface area contributed by atoms with Crippen LogP contribution >= 0.6 is 0 Å². The zero-order valence-corrected chi connectivity index (χ0v) is 18.1. The van der Waals surface area contributed by atoms with Crippen molar-refractivity contribution in [3.8, 4) is 11.5 Å². The predicted octanol–water partition coefficient (Wildman–Crippen LogP) is 3.33. The molecule has 3 aromatic carbocycles. The number of nitrogens with zero attached hydrogens (tertiary/aromatic N) is 1. The lowest BCUT2D eigenvalue weighted by atomic mass is 10.2. The molecule has 0 saturated carbocycles. The van der Waals surface area contributed by atoms with E-state index in [1.807, 2.05) is 18.2 Å². The first-order valence-electron chi connectivity index (χ1n) is 9.61. The molecule has 0 aliphatic heterocycles. The van der Waals surface area contributed by atoms with E-state index >= 15 is 0 Å². The van der Waals surface area contributed by atoms with E-state index in [0.717, 1.165) is 0 Å². The Hall–Kier alpha value is -3.52. The van der Waals surface area contributed by atoms with Crippen LogP contribution in [-0.2, 0) is 10.0 Å². The lowest BCUT2D eigenvalue weighted by Crippen LogP contribution is -2.28. The summed E-state index contributed by atoms with van der Waals surface area (Å²) in [5.41, 5.74) is 0.886. The van der Waals surface area contributed by atoms with E-state index in [1.165, 1.54) is 11.4 Å². The molecule has 0 aromatic heterocycles. The largest absolute Gasteiger partial charge is 0.497 e. The summed E-state index contributed by atoms with van der Waals surface area (Å²) >= 11 is 0. The summed E-state index contributed by atoms with van der Waals surface area (Å²) in [5.74, 6) is 1.08. The molecule has 162 valence electrons. The molecule has 0 unspecified atom stereocenters. The molecule has 0 saturated heterocycles. The first-order chi connectivity index (χ1) is 14.9. The Morgan fingerprint density at radius 1 is 0.935 bits per heavy atom. The summed E-state index contributed by atoms with van der Waals surface area (Å²) in [4.78, 5) is 12.5. The first-order valence-corrected chi connectivity index (χ1v) is 11.0. The van der Waals surface area contributed by atoms with Crippen LogP contribution in [-0.4, -0.2) is 41.6 Å². The van der Waals surface area contributed by atoms with Crippen LogP contribution in [0.4, 0.5) is 5.69 Å². The molecule has 1 amide bonds. The van der Waals surface area contributed by atoms with Crippen LogP contribution in [0.5, 0.6) is 11.5 Å². The van der Waals surface area contributed by atoms with Gasteiger partial charge in [0.2, 0.25) is 0 Å². The van der Waals surface area contributed by atoms with Gasteiger partial charge in [-0.3, -0.25) is 9.10 Å². The Morgan fingerprint density at radius 3 is 2.29 bits per heavy atom. The summed E-state index contributed by atoms with van der Waals surface area (Å²) in [6.07, 6.45) is 0. The van der Waals surface area contributed by atoms with Gasteiger partial charge in [0.25, 0.3) is 15.9 Å². The zero-order chi connectivity index (χ0) is 22.3. The van der Waals surface area contributed by atoms with Gasteiger partial charge < -0.3 is 14.8 Å². The Balaban J connectivity index is 1.55. The minimum absolute atomic E-state index is 0.204. The van der Waals surface area contributed by atoms with E-state index in [2.05, 4.69) is 5.32 Å². The SMILES string of the molecule is COc1cccc(OCCNC(=O)c2ccc(N(C)S(=O)(=O)c3ccccc3)cc2)c1. The van der Waals surface area contributed by atoms with E-state index in [-0.39, 0.29) is 10.8 Å². The fourth-order valence-corrected chi connectivity index (χ4v) is 4.06.